The molecule has 3 heteroatoms. The molecule has 2 rings (SSSR count). The summed E-state index contributed by atoms with van der Waals surface area (Å²) >= 11 is 0. The quantitative estimate of drug-likeness (QED) is 0.849. The van der Waals surface area contributed by atoms with Crippen LogP contribution in [-0.2, 0) is 0 Å². The summed E-state index contributed by atoms with van der Waals surface area (Å²) in [4.78, 5) is 0. The van der Waals surface area contributed by atoms with Gasteiger partial charge in [-0.05, 0) is 24.5 Å². The fourth-order valence-electron chi connectivity index (χ4n) is 1.72. The molecule has 1 aromatic carbocycles. The second-order valence-electron chi connectivity index (χ2n) is 4.65. The Bertz CT molecular complexity index is 363. The average Bonchev–Trinajstić information content (AvgIpc) is 2.60. The third-order valence-corrected chi connectivity index (χ3v) is 2.77. The number of nitrogens with two attached hydrogens (primary N) is 1. The van der Waals surface area contributed by atoms with Crippen molar-refractivity contribution in [3.05, 3.63) is 23.8 Å². The van der Waals surface area contributed by atoms with Crippen molar-refractivity contribution < 1.29 is 9.47 Å². The van der Waals surface area contributed by atoms with Crippen molar-refractivity contribution in [3.63, 3.8) is 0 Å². The first-order chi connectivity index (χ1) is 7.66. The molecule has 1 heterocycles. The zero-order valence-corrected chi connectivity index (χ0v) is 9.90. The minimum atomic E-state index is 0.0136. The smallest absolute Gasteiger partial charge is 0.127 e. The highest BCUT2D eigenvalue weighted by Gasteiger charge is 2.20. The molecule has 0 saturated heterocycles. The normalized spacial score (nSPS) is 18.4. The molecule has 0 fully saturated rings. The summed E-state index contributed by atoms with van der Waals surface area (Å²) in [6.07, 6.45) is 1.07. The highest BCUT2D eigenvalue weighted by molar-refractivity contribution is 5.44. The average molecular weight is 221 g/mol. The van der Waals surface area contributed by atoms with Gasteiger partial charge in [-0.15, -0.1) is 0 Å². The van der Waals surface area contributed by atoms with E-state index in [4.69, 9.17) is 15.2 Å². The third kappa shape index (κ3) is 2.47. The molecule has 3 nitrogen and oxygen atoms in total. The second-order valence-corrected chi connectivity index (χ2v) is 4.65. The molecule has 0 saturated carbocycles. The lowest BCUT2D eigenvalue weighted by molar-refractivity contribution is 0.286. The predicted molar refractivity (Wildman–Crippen MR) is 63.8 cm³/mol. The molecule has 0 bridgehead atoms. The molecule has 1 unspecified atom stereocenters. The Kier molecular flexibility index (Phi) is 3.34. The number of fused-ring (bicyclic) bond motifs is 1. The minimum absolute atomic E-state index is 0.0136. The number of rotatable bonds is 4. The van der Waals surface area contributed by atoms with Crippen LogP contribution in [0.25, 0.3) is 0 Å². The molecule has 1 aliphatic rings. The van der Waals surface area contributed by atoms with Crippen LogP contribution in [0.4, 0.5) is 0 Å². The Morgan fingerprint density at radius 1 is 1.50 bits per heavy atom. The topological polar surface area (TPSA) is 44.5 Å². The van der Waals surface area contributed by atoms with Crippen molar-refractivity contribution in [1.82, 2.24) is 0 Å². The van der Waals surface area contributed by atoms with Crippen LogP contribution in [0.2, 0.25) is 0 Å². The molecule has 1 aromatic rings. The monoisotopic (exact) mass is 221 g/mol. The first-order valence-electron chi connectivity index (χ1n) is 5.82. The largest absolute Gasteiger partial charge is 0.493 e. The van der Waals surface area contributed by atoms with E-state index in [1.165, 1.54) is 0 Å². The molecule has 0 amide bonds. The van der Waals surface area contributed by atoms with Crippen LogP contribution in [0, 0.1) is 5.92 Å². The maximum atomic E-state index is 5.87. The Balaban J connectivity index is 1.97. The van der Waals surface area contributed by atoms with Crippen LogP contribution in [0.5, 0.6) is 11.5 Å². The number of hydrogen-bond donors (Lipinski definition) is 1. The summed E-state index contributed by atoms with van der Waals surface area (Å²) in [5.41, 5.74) is 6.95. The molecule has 0 aliphatic carbocycles. The summed E-state index contributed by atoms with van der Waals surface area (Å²) < 4.78 is 11.1. The van der Waals surface area contributed by atoms with Gasteiger partial charge in [-0.25, -0.2) is 0 Å². The van der Waals surface area contributed by atoms with E-state index in [9.17, 15) is 0 Å². The first-order valence-corrected chi connectivity index (χ1v) is 5.82. The van der Waals surface area contributed by atoms with Crippen molar-refractivity contribution in [2.24, 2.45) is 11.7 Å². The molecule has 0 aromatic heterocycles. The van der Waals surface area contributed by atoms with Gasteiger partial charge in [0.25, 0.3) is 0 Å². The first kappa shape index (κ1) is 11.3. The zero-order chi connectivity index (χ0) is 11.5. The van der Waals surface area contributed by atoms with E-state index in [1.807, 2.05) is 18.2 Å². The molecule has 1 aliphatic heterocycles. The van der Waals surface area contributed by atoms with Gasteiger partial charge in [0.05, 0.1) is 12.6 Å². The third-order valence-electron chi connectivity index (χ3n) is 2.77. The Labute approximate surface area is 96.5 Å². The van der Waals surface area contributed by atoms with Crippen LogP contribution in [-0.4, -0.2) is 13.2 Å². The maximum Gasteiger partial charge on any atom is 0.127 e. The van der Waals surface area contributed by atoms with Crippen LogP contribution in [0.3, 0.4) is 0 Å². The van der Waals surface area contributed by atoms with Gasteiger partial charge in [0.1, 0.15) is 18.1 Å². The number of ether oxygens (including phenoxy) is 2. The Hall–Kier alpha value is -1.22. The fraction of sp³-hybridized carbons (Fsp3) is 0.538. The van der Waals surface area contributed by atoms with Gasteiger partial charge in [-0.1, -0.05) is 13.8 Å². The molecule has 2 N–H and O–H groups in total. The van der Waals surface area contributed by atoms with E-state index in [0.717, 1.165) is 30.1 Å². The summed E-state index contributed by atoms with van der Waals surface area (Å²) in [5.74, 6) is 2.40. The standard InChI is InChI=1S/C13H19NO2/c1-9(2)5-6-15-10-3-4-11-12(14)8-16-13(11)7-10/h3-4,7,9,12H,5-6,8,14H2,1-2H3. The van der Waals surface area contributed by atoms with Gasteiger partial charge >= 0.3 is 0 Å². The molecular formula is C13H19NO2. The molecule has 0 spiro atoms. The number of hydrogen-bond acceptors (Lipinski definition) is 3. The molecule has 16 heavy (non-hydrogen) atoms. The van der Waals surface area contributed by atoms with Crippen LogP contribution >= 0.6 is 0 Å². The Morgan fingerprint density at radius 3 is 3.06 bits per heavy atom. The van der Waals surface area contributed by atoms with E-state index in [-0.39, 0.29) is 6.04 Å². The van der Waals surface area contributed by atoms with Gasteiger partial charge in [0.15, 0.2) is 0 Å². The highest BCUT2D eigenvalue weighted by atomic mass is 16.5. The van der Waals surface area contributed by atoms with Crippen molar-refractivity contribution in [3.8, 4) is 11.5 Å². The maximum absolute atomic E-state index is 5.87. The van der Waals surface area contributed by atoms with Crippen molar-refractivity contribution >= 4 is 0 Å². The van der Waals surface area contributed by atoms with Crippen molar-refractivity contribution in [1.29, 1.82) is 0 Å². The second kappa shape index (κ2) is 4.74. The summed E-state index contributed by atoms with van der Waals surface area (Å²) in [6, 6.07) is 5.91. The summed E-state index contributed by atoms with van der Waals surface area (Å²) in [7, 11) is 0. The van der Waals surface area contributed by atoms with E-state index in [1.54, 1.807) is 0 Å². The fourth-order valence-corrected chi connectivity index (χ4v) is 1.72. The van der Waals surface area contributed by atoms with E-state index in [0.29, 0.717) is 12.5 Å². The van der Waals surface area contributed by atoms with Gasteiger partial charge in [0, 0.05) is 11.6 Å². The lowest BCUT2D eigenvalue weighted by Gasteiger charge is -2.09. The molecule has 88 valence electrons. The highest BCUT2D eigenvalue weighted by Crippen LogP contribution is 2.33. The van der Waals surface area contributed by atoms with Gasteiger partial charge in [-0.3, -0.25) is 0 Å². The SMILES string of the molecule is CC(C)CCOc1ccc2c(c1)OCC2N. The molecule has 0 radical (unpaired) electrons. The minimum Gasteiger partial charge on any atom is -0.493 e. The predicted octanol–water partition coefficient (Wildman–Crippen LogP) is 2.50. The lowest BCUT2D eigenvalue weighted by Crippen LogP contribution is -2.10. The van der Waals surface area contributed by atoms with Gasteiger partial charge in [-0.2, -0.15) is 0 Å². The van der Waals surface area contributed by atoms with Crippen molar-refractivity contribution in [2.45, 2.75) is 26.3 Å². The summed E-state index contributed by atoms with van der Waals surface area (Å²) in [6.45, 7) is 5.70. The summed E-state index contributed by atoms with van der Waals surface area (Å²) in [5, 5.41) is 0. The van der Waals surface area contributed by atoms with Crippen LogP contribution < -0.4 is 15.2 Å². The van der Waals surface area contributed by atoms with Crippen LogP contribution in [0.1, 0.15) is 31.9 Å². The zero-order valence-electron chi connectivity index (χ0n) is 9.90. The molecule has 1 atom stereocenters. The van der Waals surface area contributed by atoms with E-state index >= 15 is 0 Å². The number of benzene rings is 1. The molecular weight excluding hydrogens is 202 g/mol. The van der Waals surface area contributed by atoms with E-state index < -0.39 is 0 Å². The lowest BCUT2D eigenvalue weighted by atomic mass is 10.1. The van der Waals surface area contributed by atoms with Gasteiger partial charge in [0.2, 0.25) is 0 Å². The van der Waals surface area contributed by atoms with Gasteiger partial charge < -0.3 is 15.2 Å². The van der Waals surface area contributed by atoms with E-state index in [2.05, 4.69) is 13.8 Å². The Morgan fingerprint density at radius 2 is 2.31 bits per heavy atom. The van der Waals surface area contributed by atoms with Crippen molar-refractivity contribution in [2.75, 3.05) is 13.2 Å². The van der Waals surface area contributed by atoms with Crippen LogP contribution in [0.15, 0.2) is 18.2 Å².